The van der Waals surface area contributed by atoms with Gasteiger partial charge in [-0.1, -0.05) is 53.0 Å². The van der Waals surface area contributed by atoms with Crippen molar-refractivity contribution in [1.29, 1.82) is 0 Å². The molecule has 0 aromatic heterocycles. The summed E-state index contributed by atoms with van der Waals surface area (Å²) >= 11 is 0. The van der Waals surface area contributed by atoms with Crippen molar-refractivity contribution in [2.24, 2.45) is 11.7 Å². The molecule has 1 aromatic rings. The van der Waals surface area contributed by atoms with Crippen LogP contribution in [-0.2, 0) is 30.2 Å². The second-order valence-corrected chi connectivity index (χ2v) is 10.7. The Balaban J connectivity index is 3.20. The third-order valence-corrected chi connectivity index (χ3v) is 6.42. The van der Waals surface area contributed by atoms with Gasteiger partial charge >= 0.3 is 24.2 Å². The van der Waals surface area contributed by atoms with E-state index in [-0.39, 0.29) is 36.4 Å². The van der Waals surface area contributed by atoms with Gasteiger partial charge in [0.15, 0.2) is 11.5 Å². The van der Waals surface area contributed by atoms with E-state index < -0.39 is 42.0 Å². The van der Waals surface area contributed by atoms with Crippen molar-refractivity contribution >= 4 is 24.2 Å². The van der Waals surface area contributed by atoms with Gasteiger partial charge in [0.2, 0.25) is 0 Å². The molecule has 1 rings (SSSR count). The van der Waals surface area contributed by atoms with Crippen LogP contribution >= 0.6 is 0 Å². The first-order valence-electron chi connectivity index (χ1n) is 14.4. The highest BCUT2D eigenvalue weighted by molar-refractivity contribution is 5.79. The maximum atomic E-state index is 12.5. The number of carboxylic acids is 1. The first kappa shape index (κ1) is 35.7. The molecular weight excluding hydrogens is 534 g/mol. The molecule has 5 atom stereocenters. The van der Waals surface area contributed by atoms with Crippen LogP contribution in [0.3, 0.4) is 0 Å². The third kappa shape index (κ3) is 12.8. The largest absolute Gasteiger partial charge is 0.514 e. The molecule has 11 nitrogen and oxygen atoms in total. The number of hydrogen-bond acceptors (Lipinski definition) is 10. The molecule has 0 bridgehead atoms. The highest BCUT2D eigenvalue weighted by atomic mass is 16.7. The number of hydrogen-bond donors (Lipinski definition) is 2. The highest BCUT2D eigenvalue weighted by Crippen LogP contribution is 2.32. The van der Waals surface area contributed by atoms with Crippen molar-refractivity contribution < 1.29 is 48.0 Å². The zero-order valence-corrected chi connectivity index (χ0v) is 25.4. The van der Waals surface area contributed by atoms with Gasteiger partial charge in [-0.15, -0.1) is 0 Å². The summed E-state index contributed by atoms with van der Waals surface area (Å²) in [5.41, 5.74) is 4.86. The molecular formula is C30H47NO10. The summed E-state index contributed by atoms with van der Waals surface area (Å²) < 4.78 is 26.6. The summed E-state index contributed by atoms with van der Waals surface area (Å²) in [5, 5.41) is 9.98. The average molecular weight is 582 g/mol. The summed E-state index contributed by atoms with van der Waals surface area (Å²) in [4.78, 5) is 49.4. The van der Waals surface area contributed by atoms with E-state index in [4.69, 9.17) is 29.4 Å². The number of rotatable bonds is 17. The van der Waals surface area contributed by atoms with Crippen molar-refractivity contribution in [1.82, 2.24) is 0 Å². The lowest BCUT2D eigenvalue weighted by molar-refractivity contribution is -0.156. The van der Waals surface area contributed by atoms with Crippen LogP contribution < -0.4 is 15.2 Å². The van der Waals surface area contributed by atoms with E-state index in [0.29, 0.717) is 24.8 Å². The number of nitrogens with two attached hydrogens (primary N) is 1. The van der Waals surface area contributed by atoms with E-state index in [1.165, 1.54) is 18.2 Å². The first-order chi connectivity index (χ1) is 19.2. The molecule has 4 unspecified atom stereocenters. The van der Waals surface area contributed by atoms with Crippen LogP contribution in [0, 0.1) is 5.92 Å². The number of benzene rings is 1. The van der Waals surface area contributed by atoms with Crippen LogP contribution in [0.5, 0.6) is 11.5 Å². The fourth-order valence-electron chi connectivity index (χ4n) is 4.33. The Bertz CT molecular complexity index is 1010. The first-order valence-corrected chi connectivity index (χ1v) is 14.4. The van der Waals surface area contributed by atoms with Gasteiger partial charge in [0.25, 0.3) is 0 Å². The van der Waals surface area contributed by atoms with E-state index in [2.05, 4.69) is 0 Å². The number of ether oxygens (including phenoxy) is 5. The summed E-state index contributed by atoms with van der Waals surface area (Å²) in [5.74, 6) is -2.32. The minimum absolute atomic E-state index is 0.118. The van der Waals surface area contributed by atoms with Crippen molar-refractivity contribution in [3.63, 3.8) is 0 Å². The molecule has 11 heteroatoms. The standard InChI is InChI=1S/C30H47NO10/c1-8-11-19(4)26(32)37-22(7)17-30(31,27(33)34)18-23-14-15-24(40-28(35)38-20(5)12-9-2)25(16-23)41-29(36)39-21(6)13-10-3/h14-16,19-22H,8-13,17-18,31H2,1-7H3,(H,33,34)/t19?,20?,21?,22-,30?/m0/s1. The third-order valence-electron chi connectivity index (χ3n) is 6.42. The van der Waals surface area contributed by atoms with Gasteiger partial charge in [-0.05, 0) is 57.7 Å². The minimum Gasteiger partial charge on any atom is -0.480 e. The lowest BCUT2D eigenvalue weighted by Crippen LogP contribution is -2.52. The Labute approximate surface area is 243 Å². The Morgan fingerprint density at radius 2 is 1.29 bits per heavy atom. The second-order valence-electron chi connectivity index (χ2n) is 10.7. The number of carboxylic acid groups (broad SMARTS) is 1. The van der Waals surface area contributed by atoms with E-state index >= 15 is 0 Å². The molecule has 0 fully saturated rings. The number of aliphatic carboxylic acids is 1. The molecule has 41 heavy (non-hydrogen) atoms. The Morgan fingerprint density at radius 1 is 0.780 bits per heavy atom. The van der Waals surface area contributed by atoms with Crippen molar-refractivity contribution in [3.8, 4) is 11.5 Å². The molecule has 0 saturated carbocycles. The average Bonchev–Trinajstić information content (AvgIpc) is 2.85. The lowest BCUT2D eigenvalue weighted by Gasteiger charge is -2.28. The zero-order chi connectivity index (χ0) is 31.2. The van der Waals surface area contributed by atoms with Gasteiger partial charge in [-0.2, -0.15) is 0 Å². The molecule has 232 valence electrons. The highest BCUT2D eigenvalue weighted by Gasteiger charge is 2.37. The van der Waals surface area contributed by atoms with Gasteiger partial charge in [-0.25, -0.2) is 9.59 Å². The lowest BCUT2D eigenvalue weighted by atomic mass is 9.86. The van der Waals surface area contributed by atoms with Crippen LogP contribution in [-0.4, -0.2) is 53.2 Å². The number of carbonyl (C=O) groups is 4. The van der Waals surface area contributed by atoms with Crippen molar-refractivity contribution in [3.05, 3.63) is 23.8 Å². The summed E-state index contributed by atoms with van der Waals surface area (Å²) in [6.07, 6.45) is 0.387. The van der Waals surface area contributed by atoms with E-state index in [9.17, 15) is 24.3 Å². The molecule has 0 heterocycles. The van der Waals surface area contributed by atoms with Crippen LogP contribution in [0.4, 0.5) is 9.59 Å². The van der Waals surface area contributed by atoms with E-state index in [1.807, 2.05) is 20.8 Å². The molecule has 0 aliphatic rings. The van der Waals surface area contributed by atoms with Crippen LogP contribution in [0.15, 0.2) is 18.2 Å². The number of esters is 1. The van der Waals surface area contributed by atoms with Gasteiger partial charge in [0, 0.05) is 12.8 Å². The summed E-state index contributed by atoms with van der Waals surface area (Å²) in [7, 11) is 0. The predicted molar refractivity (Wildman–Crippen MR) is 152 cm³/mol. The quantitative estimate of drug-likeness (QED) is 0.123. The molecule has 0 saturated heterocycles. The monoisotopic (exact) mass is 581 g/mol. The topological polar surface area (TPSA) is 161 Å². The fraction of sp³-hybridized carbons (Fsp3) is 0.667. The Hall–Kier alpha value is -3.34. The van der Waals surface area contributed by atoms with Gasteiger partial charge in [0.1, 0.15) is 23.9 Å². The number of carbonyl (C=O) groups excluding carboxylic acids is 3. The smallest absolute Gasteiger partial charge is 0.480 e. The molecule has 0 spiro atoms. The molecule has 0 aliphatic carbocycles. The molecule has 0 amide bonds. The molecule has 3 N–H and O–H groups in total. The van der Waals surface area contributed by atoms with Crippen molar-refractivity contribution in [2.75, 3.05) is 0 Å². The maximum Gasteiger partial charge on any atom is 0.514 e. The summed E-state index contributed by atoms with van der Waals surface area (Å²) in [6, 6.07) is 4.21. The van der Waals surface area contributed by atoms with Gasteiger partial charge in [-0.3, -0.25) is 9.59 Å². The predicted octanol–water partition coefficient (Wildman–Crippen LogP) is 6.18. The molecule has 1 aromatic carbocycles. The molecule has 0 aliphatic heterocycles. The maximum absolute atomic E-state index is 12.5. The van der Waals surface area contributed by atoms with Crippen LogP contribution in [0.25, 0.3) is 0 Å². The normalized spacial score (nSPS) is 15.4. The van der Waals surface area contributed by atoms with E-state index in [1.54, 1.807) is 27.7 Å². The Morgan fingerprint density at radius 3 is 1.78 bits per heavy atom. The fourth-order valence-corrected chi connectivity index (χ4v) is 4.33. The SMILES string of the molecule is CCCC(C)OC(=O)Oc1ccc(CC(N)(C[C@H](C)OC(=O)C(C)CCC)C(=O)O)cc1OC(=O)OC(C)CCC. The zero-order valence-electron chi connectivity index (χ0n) is 25.4. The van der Waals surface area contributed by atoms with Crippen LogP contribution in [0.2, 0.25) is 0 Å². The van der Waals surface area contributed by atoms with Crippen molar-refractivity contribution in [2.45, 2.75) is 124 Å². The summed E-state index contributed by atoms with van der Waals surface area (Å²) in [6.45, 7) is 12.6. The van der Waals surface area contributed by atoms with Crippen LogP contribution in [0.1, 0.15) is 99.0 Å². The van der Waals surface area contributed by atoms with Gasteiger partial charge in [0.05, 0.1) is 5.92 Å². The van der Waals surface area contributed by atoms with Gasteiger partial charge < -0.3 is 34.5 Å². The second kappa shape index (κ2) is 17.5. The van der Waals surface area contributed by atoms with E-state index in [0.717, 1.165) is 19.3 Å². The Kier molecular flexibility index (Phi) is 15.2. The molecule has 0 radical (unpaired) electrons. The minimum atomic E-state index is -1.82.